The van der Waals surface area contributed by atoms with Gasteiger partial charge < -0.3 is 4.90 Å². The van der Waals surface area contributed by atoms with Gasteiger partial charge in [-0.25, -0.2) is 13.1 Å². The third-order valence-electron chi connectivity index (χ3n) is 6.05. The van der Waals surface area contributed by atoms with Crippen molar-refractivity contribution in [1.29, 1.82) is 0 Å². The van der Waals surface area contributed by atoms with Gasteiger partial charge in [0, 0.05) is 24.2 Å². The van der Waals surface area contributed by atoms with Crippen LogP contribution < -0.4 is 9.62 Å². The summed E-state index contributed by atoms with van der Waals surface area (Å²) in [5, 5.41) is 0. The topological polar surface area (TPSA) is 66.5 Å². The molecule has 0 unspecified atom stereocenters. The third-order valence-corrected chi connectivity index (χ3v) is 7.50. The van der Waals surface area contributed by atoms with E-state index in [1.165, 1.54) is 5.56 Å². The zero-order chi connectivity index (χ0) is 20.4. The van der Waals surface area contributed by atoms with E-state index in [2.05, 4.69) is 4.72 Å². The number of hydrogen-bond donors (Lipinski definition) is 1. The number of anilines is 1. The lowest BCUT2D eigenvalue weighted by Crippen LogP contribution is -2.42. The smallest absolute Gasteiger partial charge is 0.240 e. The summed E-state index contributed by atoms with van der Waals surface area (Å²) in [6.45, 7) is 2.43. The average molecular weight is 413 g/mol. The van der Waals surface area contributed by atoms with Gasteiger partial charge >= 0.3 is 0 Å². The number of fused-ring (bicyclic) bond motifs is 1. The van der Waals surface area contributed by atoms with E-state index in [-0.39, 0.29) is 22.8 Å². The van der Waals surface area contributed by atoms with Crippen molar-refractivity contribution in [2.24, 2.45) is 5.92 Å². The Balaban J connectivity index is 1.41. The van der Waals surface area contributed by atoms with Crippen molar-refractivity contribution in [1.82, 2.24) is 4.72 Å². The van der Waals surface area contributed by atoms with Crippen LogP contribution >= 0.6 is 0 Å². The van der Waals surface area contributed by atoms with Crippen LogP contribution in [0.4, 0.5) is 5.69 Å². The first kappa shape index (κ1) is 20.1. The molecule has 1 N–H and O–H groups in total. The van der Waals surface area contributed by atoms with Crippen molar-refractivity contribution in [2.75, 3.05) is 11.4 Å². The number of benzene rings is 2. The molecule has 2 aromatic rings. The van der Waals surface area contributed by atoms with Crippen LogP contribution in [0.3, 0.4) is 0 Å². The Morgan fingerprint density at radius 1 is 1.14 bits per heavy atom. The first-order chi connectivity index (χ1) is 14.0. The fourth-order valence-corrected chi connectivity index (χ4v) is 5.31. The molecule has 0 radical (unpaired) electrons. The van der Waals surface area contributed by atoms with Gasteiger partial charge in [0.25, 0.3) is 0 Å². The van der Waals surface area contributed by atoms with Crippen molar-refractivity contribution < 1.29 is 13.2 Å². The third kappa shape index (κ3) is 4.23. The maximum atomic E-state index is 12.8. The summed E-state index contributed by atoms with van der Waals surface area (Å²) >= 11 is 0. The van der Waals surface area contributed by atoms with E-state index >= 15 is 0 Å². The molecule has 1 amide bonds. The van der Waals surface area contributed by atoms with E-state index < -0.39 is 10.0 Å². The molecule has 1 fully saturated rings. The van der Waals surface area contributed by atoms with Gasteiger partial charge in [0.2, 0.25) is 15.9 Å². The molecule has 1 heterocycles. The molecule has 0 spiro atoms. The SMILES string of the molecule is C[C@H]1Cc2cc(S(=O)(=O)NCCCc3ccccc3)ccc2N1C(=O)C1CCC1. The molecule has 5 nitrogen and oxygen atoms in total. The fourth-order valence-electron chi connectivity index (χ4n) is 4.19. The lowest BCUT2D eigenvalue weighted by Gasteiger charge is -2.32. The van der Waals surface area contributed by atoms with Gasteiger partial charge in [-0.1, -0.05) is 36.8 Å². The van der Waals surface area contributed by atoms with Gasteiger partial charge in [-0.3, -0.25) is 4.79 Å². The fraction of sp³-hybridized carbons (Fsp3) is 0.435. The Labute approximate surface area is 173 Å². The Bertz CT molecular complexity index is 984. The maximum Gasteiger partial charge on any atom is 0.240 e. The number of amides is 1. The predicted molar refractivity (Wildman–Crippen MR) is 114 cm³/mol. The molecule has 0 saturated heterocycles. The van der Waals surface area contributed by atoms with Crippen molar-refractivity contribution in [3.63, 3.8) is 0 Å². The summed E-state index contributed by atoms with van der Waals surface area (Å²) in [6.07, 6.45) is 5.34. The quantitative estimate of drug-likeness (QED) is 0.706. The zero-order valence-corrected chi connectivity index (χ0v) is 17.6. The highest BCUT2D eigenvalue weighted by molar-refractivity contribution is 7.89. The van der Waals surface area contributed by atoms with E-state index in [1.54, 1.807) is 18.2 Å². The summed E-state index contributed by atoms with van der Waals surface area (Å²) in [6, 6.07) is 15.3. The minimum Gasteiger partial charge on any atom is -0.309 e. The summed E-state index contributed by atoms with van der Waals surface area (Å²) in [5.41, 5.74) is 3.02. The van der Waals surface area contributed by atoms with Crippen LogP contribution in [-0.4, -0.2) is 26.9 Å². The summed E-state index contributed by atoms with van der Waals surface area (Å²) in [7, 11) is -3.55. The molecule has 1 aliphatic heterocycles. The van der Waals surface area contributed by atoms with Crippen LogP contribution in [0.1, 0.15) is 43.7 Å². The summed E-state index contributed by atoms with van der Waals surface area (Å²) in [5.74, 6) is 0.329. The van der Waals surface area contributed by atoms with Crippen LogP contribution in [-0.2, 0) is 27.7 Å². The second kappa shape index (κ2) is 8.28. The molecule has 1 atom stereocenters. The normalized spacial score (nSPS) is 19.1. The molecule has 154 valence electrons. The van der Waals surface area contributed by atoms with E-state index in [1.807, 2.05) is 42.2 Å². The van der Waals surface area contributed by atoms with Crippen molar-refractivity contribution in [3.8, 4) is 0 Å². The highest BCUT2D eigenvalue weighted by atomic mass is 32.2. The molecule has 6 heteroatoms. The van der Waals surface area contributed by atoms with Crippen LogP contribution in [0.15, 0.2) is 53.4 Å². The lowest BCUT2D eigenvalue weighted by molar-refractivity contribution is -0.125. The molecule has 29 heavy (non-hydrogen) atoms. The average Bonchev–Trinajstić information content (AvgIpc) is 2.99. The van der Waals surface area contributed by atoms with Gasteiger partial charge in [0.05, 0.1) is 4.90 Å². The summed E-state index contributed by atoms with van der Waals surface area (Å²) < 4.78 is 28.1. The first-order valence-corrected chi connectivity index (χ1v) is 11.9. The second-order valence-electron chi connectivity index (χ2n) is 8.17. The van der Waals surface area contributed by atoms with E-state index in [9.17, 15) is 13.2 Å². The largest absolute Gasteiger partial charge is 0.309 e. The Kier molecular flexibility index (Phi) is 5.74. The van der Waals surface area contributed by atoms with E-state index in [0.717, 1.165) is 43.4 Å². The molecule has 0 bridgehead atoms. The lowest BCUT2D eigenvalue weighted by atomic mass is 9.84. The van der Waals surface area contributed by atoms with Crippen LogP contribution in [0.2, 0.25) is 0 Å². The van der Waals surface area contributed by atoms with Gasteiger partial charge in [-0.05, 0) is 68.4 Å². The number of aryl methyl sites for hydroxylation is 1. The molecule has 1 aliphatic carbocycles. The van der Waals surface area contributed by atoms with E-state index in [4.69, 9.17) is 0 Å². The van der Waals surface area contributed by atoms with Crippen molar-refractivity contribution in [2.45, 2.75) is 56.4 Å². The predicted octanol–water partition coefficient (Wildman–Crippen LogP) is 3.68. The maximum absolute atomic E-state index is 12.8. The molecule has 2 aromatic carbocycles. The monoisotopic (exact) mass is 412 g/mol. The minimum atomic E-state index is -3.55. The van der Waals surface area contributed by atoms with Crippen LogP contribution in [0.5, 0.6) is 0 Å². The van der Waals surface area contributed by atoms with Crippen LogP contribution in [0, 0.1) is 5.92 Å². The highest BCUT2D eigenvalue weighted by Gasteiger charge is 2.37. The first-order valence-electron chi connectivity index (χ1n) is 10.5. The number of sulfonamides is 1. The van der Waals surface area contributed by atoms with Gasteiger partial charge in [0.15, 0.2) is 0 Å². The molecule has 0 aromatic heterocycles. The highest BCUT2D eigenvalue weighted by Crippen LogP contribution is 2.38. The Hall–Kier alpha value is -2.18. The number of rotatable bonds is 7. The number of nitrogens with one attached hydrogen (secondary N) is 1. The number of hydrogen-bond acceptors (Lipinski definition) is 3. The number of nitrogens with zero attached hydrogens (tertiary/aromatic N) is 1. The standard InChI is InChI=1S/C23H28N2O3S/c1-17-15-20-16-21(12-13-22(20)25(17)23(26)19-10-5-11-19)29(27,28)24-14-6-9-18-7-3-2-4-8-18/h2-4,7-8,12-13,16-17,19,24H,5-6,9-11,14-15H2,1H3/t17-/m0/s1. The molecule has 1 saturated carbocycles. The van der Waals surface area contributed by atoms with Crippen LogP contribution in [0.25, 0.3) is 0 Å². The molecular weight excluding hydrogens is 384 g/mol. The number of carbonyl (C=O) groups excluding carboxylic acids is 1. The van der Waals surface area contributed by atoms with Gasteiger partial charge in [-0.15, -0.1) is 0 Å². The second-order valence-corrected chi connectivity index (χ2v) is 9.93. The molecular formula is C23H28N2O3S. The van der Waals surface area contributed by atoms with E-state index in [0.29, 0.717) is 13.0 Å². The van der Waals surface area contributed by atoms with Gasteiger partial charge in [0.1, 0.15) is 0 Å². The van der Waals surface area contributed by atoms with Gasteiger partial charge in [-0.2, -0.15) is 0 Å². The zero-order valence-electron chi connectivity index (χ0n) is 16.8. The minimum absolute atomic E-state index is 0.0786. The Morgan fingerprint density at radius 3 is 2.59 bits per heavy atom. The number of carbonyl (C=O) groups is 1. The van der Waals surface area contributed by atoms with Crippen molar-refractivity contribution >= 4 is 21.6 Å². The Morgan fingerprint density at radius 2 is 1.90 bits per heavy atom. The molecule has 4 rings (SSSR count). The van der Waals surface area contributed by atoms with Crippen molar-refractivity contribution in [3.05, 3.63) is 59.7 Å². The summed E-state index contributed by atoms with van der Waals surface area (Å²) in [4.78, 5) is 14.9. The molecule has 2 aliphatic rings.